The van der Waals surface area contributed by atoms with Crippen LogP contribution in [0.25, 0.3) is 0 Å². The molecule has 88 valence electrons. The second-order valence-corrected chi connectivity index (χ2v) is 4.31. The molecule has 1 amide bonds. The fourth-order valence-corrected chi connectivity index (χ4v) is 1.77. The van der Waals surface area contributed by atoms with Gasteiger partial charge in [0.15, 0.2) is 0 Å². The molecule has 1 unspecified atom stereocenters. The maximum atomic E-state index is 11.7. The standard InChI is InChI=1S/C11H22N2O2/c1-9(2-5-12)8-13-11(14)10-3-6-15-7-4-10/h9-10H,2-8,12H2,1H3,(H,13,14). The van der Waals surface area contributed by atoms with Gasteiger partial charge in [-0.25, -0.2) is 0 Å². The number of nitrogens with one attached hydrogen (secondary N) is 1. The van der Waals surface area contributed by atoms with Gasteiger partial charge in [0.1, 0.15) is 0 Å². The Bertz CT molecular complexity index is 191. The van der Waals surface area contributed by atoms with Crippen molar-refractivity contribution in [2.45, 2.75) is 26.2 Å². The van der Waals surface area contributed by atoms with Gasteiger partial charge < -0.3 is 15.8 Å². The SMILES string of the molecule is CC(CCN)CNC(=O)C1CCOCC1. The molecule has 0 aliphatic carbocycles. The molecule has 0 saturated carbocycles. The normalized spacial score (nSPS) is 19.9. The Morgan fingerprint density at radius 1 is 1.53 bits per heavy atom. The minimum Gasteiger partial charge on any atom is -0.381 e. The number of carbonyl (C=O) groups is 1. The van der Waals surface area contributed by atoms with Crippen LogP contribution in [-0.2, 0) is 9.53 Å². The minimum atomic E-state index is 0.156. The van der Waals surface area contributed by atoms with Gasteiger partial charge in [-0.2, -0.15) is 0 Å². The number of amides is 1. The second kappa shape index (κ2) is 6.80. The molecule has 3 N–H and O–H groups in total. The largest absolute Gasteiger partial charge is 0.381 e. The first-order chi connectivity index (χ1) is 7.24. The van der Waals surface area contributed by atoms with Crippen molar-refractivity contribution >= 4 is 5.91 Å². The van der Waals surface area contributed by atoms with Crippen molar-refractivity contribution in [3.05, 3.63) is 0 Å². The van der Waals surface area contributed by atoms with Gasteiger partial charge in [-0.1, -0.05) is 6.92 Å². The molecule has 15 heavy (non-hydrogen) atoms. The van der Waals surface area contributed by atoms with Gasteiger partial charge in [0, 0.05) is 25.7 Å². The number of ether oxygens (including phenoxy) is 1. The third-order valence-corrected chi connectivity index (χ3v) is 2.88. The Morgan fingerprint density at radius 3 is 2.80 bits per heavy atom. The van der Waals surface area contributed by atoms with E-state index >= 15 is 0 Å². The molecule has 1 fully saturated rings. The summed E-state index contributed by atoms with van der Waals surface area (Å²) in [6.45, 7) is 4.98. The van der Waals surface area contributed by atoms with Crippen molar-refractivity contribution in [2.24, 2.45) is 17.6 Å². The zero-order chi connectivity index (χ0) is 11.1. The predicted molar refractivity (Wildman–Crippen MR) is 59.4 cm³/mol. The number of carbonyl (C=O) groups excluding carboxylic acids is 1. The van der Waals surface area contributed by atoms with Crippen molar-refractivity contribution in [3.63, 3.8) is 0 Å². The van der Waals surface area contributed by atoms with Crippen LogP contribution < -0.4 is 11.1 Å². The van der Waals surface area contributed by atoms with Crippen LogP contribution in [-0.4, -0.2) is 32.2 Å². The van der Waals surface area contributed by atoms with Gasteiger partial charge in [0.25, 0.3) is 0 Å². The second-order valence-electron chi connectivity index (χ2n) is 4.31. The lowest BCUT2D eigenvalue weighted by atomic mass is 9.99. The van der Waals surface area contributed by atoms with Crippen molar-refractivity contribution in [2.75, 3.05) is 26.3 Å². The highest BCUT2D eigenvalue weighted by Gasteiger charge is 2.21. The van der Waals surface area contributed by atoms with Gasteiger partial charge in [-0.05, 0) is 31.7 Å². The van der Waals surface area contributed by atoms with Gasteiger partial charge in [0.2, 0.25) is 5.91 Å². The van der Waals surface area contributed by atoms with Gasteiger partial charge in [0.05, 0.1) is 0 Å². The molecule has 1 aliphatic heterocycles. The summed E-state index contributed by atoms with van der Waals surface area (Å²) in [4.78, 5) is 11.7. The third-order valence-electron chi connectivity index (χ3n) is 2.88. The third kappa shape index (κ3) is 4.62. The minimum absolute atomic E-state index is 0.156. The lowest BCUT2D eigenvalue weighted by molar-refractivity contribution is -0.128. The van der Waals surface area contributed by atoms with Gasteiger partial charge in [-0.15, -0.1) is 0 Å². The van der Waals surface area contributed by atoms with Crippen LogP contribution in [0.5, 0.6) is 0 Å². The monoisotopic (exact) mass is 214 g/mol. The predicted octanol–water partition coefficient (Wildman–Crippen LogP) is 0.514. The molecule has 0 spiro atoms. The fourth-order valence-electron chi connectivity index (χ4n) is 1.77. The van der Waals surface area contributed by atoms with Crippen LogP contribution in [0.3, 0.4) is 0 Å². The van der Waals surface area contributed by atoms with E-state index in [-0.39, 0.29) is 11.8 Å². The van der Waals surface area contributed by atoms with Gasteiger partial charge >= 0.3 is 0 Å². The maximum absolute atomic E-state index is 11.7. The summed E-state index contributed by atoms with van der Waals surface area (Å²) in [7, 11) is 0. The Morgan fingerprint density at radius 2 is 2.20 bits per heavy atom. The van der Waals surface area contributed by atoms with E-state index < -0.39 is 0 Å². The number of nitrogens with two attached hydrogens (primary N) is 1. The fraction of sp³-hybridized carbons (Fsp3) is 0.909. The molecule has 0 aromatic carbocycles. The van der Waals surface area contributed by atoms with E-state index in [1.54, 1.807) is 0 Å². The van der Waals surface area contributed by atoms with Crippen molar-refractivity contribution in [3.8, 4) is 0 Å². The smallest absolute Gasteiger partial charge is 0.223 e. The summed E-state index contributed by atoms with van der Waals surface area (Å²) < 4.78 is 5.22. The van der Waals surface area contributed by atoms with E-state index in [0.29, 0.717) is 12.5 Å². The van der Waals surface area contributed by atoms with Crippen LogP contribution in [0, 0.1) is 11.8 Å². The zero-order valence-corrected chi connectivity index (χ0v) is 9.50. The molecule has 4 nitrogen and oxygen atoms in total. The summed E-state index contributed by atoms with van der Waals surface area (Å²) in [6.07, 6.45) is 2.68. The highest BCUT2D eigenvalue weighted by molar-refractivity contribution is 5.78. The molecular weight excluding hydrogens is 192 g/mol. The molecule has 1 heterocycles. The van der Waals surface area contributed by atoms with E-state index in [1.165, 1.54) is 0 Å². The van der Waals surface area contributed by atoms with Gasteiger partial charge in [-0.3, -0.25) is 4.79 Å². The quantitative estimate of drug-likeness (QED) is 0.701. The molecule has 1 rings (SSSR count). The first kappa shape index (κ1) is 12.5. The highest BCUT2D eigenvalue weighted by atomic mass is 16.5. The van der Waals surface area contributed by atoms with Crippen molar-refractivity contribution < 1.29 is 9.53 Å². The topological polar surface area (TPSA) is 64.3 Å². The van der Waals surface area contributed by atoms with E-state index in [9.17, 15) is 4.79 Å². The molecular formula is C11H22N2O2. The summed E-state index contributed by atoms with van der Waals surface area (Å²) >= 11 is 0. The lowest BCUT2D eigenvalue weighted by Gasteiger charge is -2.22. The first-order valence-corrected chi connectivity index (χ1v) is 5.79. The Hall–Kier alpha value is -0.610. The number of rotatable bonds is 5. The van der Waals surface area contributed by atoms with E-state index in [1.807, 2.05) is 0 Å². The summed E-state index contributed by atoms with van der Waals surface area (Å²) in [5.74, 6) is 0.810. The van der Waals surface area contributed by atoms with Crippen LogP contribution in [0.2, 0.25) is 0 Å². The van der Waals surface area contributed by atoms with Crippen molar-refractivity contribution in [1.29, 1.82) is 0 Å². The molecule has 1 saturated heterocycles. The average molecular weight is 214 g/mol. The summed E-state index contributed by atoms with van der Waals surface area (Å²) in [5, 5.41) is 2.99. The number of hydrogen-bond donors (Lipinski definition) is 2. The van der Waals surface area contributed by atoms with Crippen LogP contribution >= 0.6 is 0 Å². The highest BCUT2D eigenvalue weighted by Crippen LogP contribution is 2.14. The average Bonchev–Trinajstić information content (AvgIpc) is 2.27. The Labute approximate surface area is 91.5 Å². The van der Waals surface area contributed by atoms with E-state index in [4.69, 9.17) is 10.5 Å². The molecule has 4 heteroatoms. The zero-order valence-electron chi connectivity index (χ0n) is 9.50. The summed E-state index contributed by atoms with van der Waals surface area (Å²) in [6, 6.07) is 0. The van der Waals surface area contributed by atoms with Crippen molar-refractivity contribution in [1.82, 2.24) is 5.32 Å². The van der Waals surface area contributed by atoms with Crippen LogP contribution in [0.4, 0.5) is 0 Å². The van der Waals surface area contributed by atoms with Crippen LogP contribution in [0.1, 0.15) is 26.2 Å². The Balaban J connectivity index is 2.16. The summed E-state index contributed by atoms with van der Waals surface area (Å²) in [5.41, 5.74) is 5.45. The molecule has 0 radical (unpaired) electrons. The maximum Gasteiger partial charge on any atom is 0.223 e. The van der Waals surface area contributed by atoms with Crippen LogP contribution in [0.15, 0.2) is 0 Å². The van der Waals surface area contributed by atoms with E-state index in [2.05, 4.69) is 12.2 Å². The number of hydrogen-bond acceptors (Lipinski definition) is 3. The first-order valence-electron chi connectivity index (χ1n) is 5.79. The molecule has 0 aromatic heterocycles. The molecule has 1 aliphatic rings. The molecule has 0 bridgehead atoms. The molecule has 0 aromatic rings. The lowest BCUT2D eigenvalue weighted by Crippen LogP contribution is -2.36. The Kier molecular flexibility index (Phi) is 5.65. The van der Waals surface area contributed by atoms with E-state index in [0.717, 1.165) is 39.0 Å². The molecule has 1 atom stereocenters.